The van der Waals surface area contributed by atoms with Crippen LogP contribution in [0.2, 0.25) is 0 Å². The molecule has 1 aromatic carbocycles. The van der Waals surface area contributed by atoms with E-state index in [2.05, 4.69) is 23.3 Å². The van der Waals surface area contributed by atoms with Gasteiger partial charge in [-0.2, -0.15) is 5.26 Å². The minimum absolute atomic E-state index is 0.634. The molecule has 0 saturated heterocycles. The lowest BCUT2D eigenvalue weighted by Gasteiger charge is -2.13. The highest BCUT2D eigenvalue weighted by Gasteiger charge is 2.21. The molecule has 1 N–H and O–H groups in total. The summed E-state index contributed by atoms with van der Waals surface area (Å²) in [5.41, 5.74) is 1.57. The van der Waals surface area contributed by atoms with E-state index in [4.69, 9.17) is 0 Å². The van der Waals surface area contributed by atoms with Gasteiger partial charge in [0.1, 0.15) is 11.9 Å². The number of hydrogen-bond donors (Lipinski definition) is 1. The Labute approximate surface area is 119 Å². The highest BCUT2D eigenvalue weighted by Crippen LogP contribution is 2.30. The summed E-state index contributed by atoms with van der Waals surface area (Å²) in [6.45, 7) is 3.24. The van der Waals surface area contributed by atoms with Crippen LogP contribution in [0.4, 0.5) is 5.82 Å². The molecule has 0 bridgehead atoms. The third kappa shape index (κ3) is 2.60. The number of aromatic nitrogens is 1. The molecule has 1 fully saturated rings. The average Bonchev–Trinajstić information content (AvgIpc) is 2.89. The van der Waals surface area contributed by atoms with Crippen molar-refractivity contribution in [2.75, 3.05) is 11.9 Å². The van der Waals surface area contributed by atoms with E-state index >= 15 is 0 Å². The first-order valence-corrected chi connectivity index (χ1v) is 7.30. The van der Waals surface area contributed by atoms with E-state index in [1.54, 1.807) is 0 Å². The first-order chi connectivity index (χ1) is 9.76. The lowest BCUT2D eigenvalue weighted by Crippen LogP contribution is -2.13. The van der Waals surface area contributed by atoms with Crippen LogP contribution in [0.5, 0.6) is 0 Å². The smallest absolute Gasteiger partial charge is 0.144 e. The number of pyridine rings is 1. The van der Waals surface area contributed by atoms with Gasteiger partial charge in [0, 0.05) is 11.9 Å². The summed E-state index contributed by atoms with van der Waals surface area (Å²) in [6.07, 6.45) is 3.88. The van der Waals surface area contributed by atoms with E-state index in [-0.39, 0.29) is 0 Å². The molecule has 1 saturated carbocycles. The van der Waals surface area contributed by atoms with Crippen LogP contribution < -0.4 is 5.32 Å². The maximum absolute atomic E-state index is 9.28. The summed E-state index contributed by atoms with van der Waals surface area (Å²) in [7, 11) is 0. The van der Waals surface area contributed by atoms with Crippen LogP contribution in [0.15, 0.2) is 30.3 Å². The number of nitriles is 1. The van der Waals surface area contributed by atoms with Crippen molar-refractivity contribution >= 4 is 16.7 Å². The fourth-order valence-corrected chi connectivity index (χ4v) is 3.09. The van der Waals surface area contributed by atoms with Crippen molar-refractivity contribution in [1.82, 2.24) is 4.98 Å². The molecule has 1 aliphatic carbocycles. The van der Waals surface area contributed by atoms with Gasteiger partial charge in [-0.15, -0.1) is 0 Å². The predicted octanol–water partition coefficient (Wildman–Crippen LogP) is 3.95. The standard InChI is InChI=1S/C17H19N3/c1-12-6-7-13(8-12)11-19-17-15(10-18)9-14-4-2-3-5-16(14)20-17/h2-5,9,12-13H,6-8,11H2,1H3,(H,19,20). The molecule has 3 rings (SSSR count). The second kappa shape index (κ2) is 5.50. The number of nitrogens with zero attached hydrogens (tertiary/aromatic N) is 2. The number of anilines is 1. The largest absolute Gasteiger partial charge is 0.369 e. The first-order valence-electron chi connectivity index (χ1n) is 7.30. The molecule has 0 spiro atoms. The summed E-state index contributed by atoms with van der Waals surface area (Å²) in [6, 6.07) is 12.1. The molecule has 3 heteroatoms. The Morgan fingerprint density at radius 1 is 1.35 bits per heavy atom. The Morgan fingerprint density at radius 2 is 2.20 bits per heavy atom. The van der Waals surface area contributed by atoms with E-state index in [0.29, 0.717) is 11.5 Å². The van der Waals surface area contributed by atoms with Crippen LogP contribution in [0.25, 0.3) is 10.9 Å². The van der Waals surface area contributed by atoms with E-state index in [9.17, 15) is 5.26 Å². The highest BCUT2D eigenvalue weighted by atomic mass is 15.0. The molecular formula is C17H19N3. The van der Waals surface area contributed by atoms with E-state index in [0.717, 1.165) is 29.2 Å². The fourth-order valence-electron chi connectivity index (χ4n) is 3.09. The summed E-state index contributed by atoms with van der Waals surface area (Å²) in [5.74, 6) is 2.28. The Hall–Kier alpha value is -2.08. The van der Waals surface area contributed by atoms with Gasteiger partial charge >= 0.3 is 0 Å². The number of benzene rings is 1. The minimum atomic E-state index is 0.634. The van der Waals surface area contributed by atoms with E-state index < -0.39 is 0 Å². The normalized spacial score (nSPS) is 21.8. The zero-order chi connectivity index (χ0) is 13.9. The van der Waals surface area contributed by atoms with Gasteiger partial charge in [-0.3, -0.25) is 0 Å². The van der Waals surface area contributed by atoms with E-state index in [1.807, 2.05) is 30.3 Å². The zero-order valence-corrected chi connectivity index (χ0v) is 11.8. The molecular weight excluding hydrogens is 246 g/mol. The Bertz CT molecular complexity index is 657. The lowest BCUT2D eigenvalue weighted by atomic mass is 10.1. The number of nitrogens with one attached hydrogen (secondary N) is 1. The van der Waals surface area contributed by atoms with Gasteiger partial charge in [0.25, 0.3) is 0 Å². The van der Waals surface area contributed by atoms with Crippen LogP contribution in [-0.4, -0.2) is 11.5 Å². The molecule has 2 atom stereocenters. The Balaban J connectivity index is 1.81. The number of hydrogen-bond acceptors (Lipinski definition) is 3. The maximum atomic E-state index is 9.28. The third-order valence-electron chi connectivity index (χ3n) is 4.21. The zero-order valence-electron chi connectivity index (χ0n) is 11.8. The van der Waals surface area contributed by atoms with Crippen molar-refractivity contribution in [3.63, 3.8) is 0 Å². The molecule has 0 radical (unpaired) electrons. The second-order valence-electron chi connectivity index (χ2n) is 5.85. The molecule has 1 heterocycles. The SMILES string of the molecule is CC1CCC(CNc2nc3ccccc3cc2C#N)C1. The van der Waals surface area contributed by atoms with Gasteiger partial charge in [-0.05, 0) is 36.8 Å². The average molecular weight is 265 g/mol. The molecule has 0 amide bonds. The van der Waals surface area contributed by atoms with Crippen molar-refractivity contribution in [3.8, 4) is 6.07 Å². The molecule has 2 aromatic rings. The van der Waals surface area contributed by atoms with Crippen molar-refractivity contribution in [2.24, 2.45) is 11.8 Å². The topological polar surface area (TPSA) is 48.7 Å². The van der Waals surface area contributed by atoms with Gasteiger partial charge in [0.2, 0.25) is 0 Å². The Kier molecular flexibility index (Phi) is 3.56. The summed E-state index contributed by atoms with van der Waals surface area (Å²) in [5, 5.41) is 13.7. The lowest BCUT2D eigenvalue weighted by molar-refractivity contribution is 0.536. The van der Waals surface area contributed by atoms with Gasteiger partial charge in [0.05, 0.1) is 11.1 Å². The minimum Gasteiger partial charge on any atom is -0.369 e. The summed E-state index contributed by atoms with van der Waals surface area (Å²) < 4.78 is 0. The van der Waals surface area contributed by atoms with Crippen molar-refractivity contribution < 1.29 is 0 Å². The number of fused-ring (bicyclic) bond motifs is 1. The second-order valence-corrected chi connectivity index (χ2v) is 5.85. The number of rotatable bonds is 3. The third-order valence-corrected chi connectivity index (χ3v) is 4.21. The molecule has 2 unspecified atom stereocenters. The molecule has 1 aromatic heterocycles. The van der Waals surface area contributed by atoms with Crippen LogP contribution in [-0.2, 0) is 0 Å². The van der Waals surface area contributed by atoms with Crippen LogP contribution in [0.3, 0.4) is 0 Å². The molecule has 1 aliphatic rings. The van der Waals surface area contributed by atoms with E-state index in [1.165, 1.54) is 19.3 Å². The fraction of sp³-hybridized carbons (Fsp3) is 0.412. The van der Waals surface area contributed by atoms with Crippen molar-refractivity contribution in [3.05, 3.63) is 35.9 Å². The van der Waals surface area contributed by atoms with Gasteiger partial charge in [0.15, 0.2) is 0 Å². The molecule has 102 valence electrons. The Morgan fingerprint density at radius 3 is 2.95 bits per heavy atom. The molecule has 20 heavy (non-hydrogen) atoms. The van der Waals surface area contributed by atoms with Gasteiger partial charge in [-0.1, -0.05) is 31.5 Å². The summed E-state index contributed by atoms with van der Waals surface area (Å²) >= 11 is 0. The van der Waals surface area contributed by atoms with Gasteiger partial charge in [-0.25, -0.2) is 4.98 Å². The monoisotopic (exact) mass is 265 g/mol. The summed E-state index contributed by atoms with van der Waals surface area (Å²) in [4.78, 5) is 4.59. The quantitative estimate of drug-likeness (QED) is 0.914. The molecule has 3 nitrogen and oxygen atoms in total. The van der Waals surface area contributed by atoms with Crippen LogP contribution in [0, 0.1) is 23.2 Å². The highest BCUT2D eigenvalue weighted by molar-refractivity contribution is 5.82. The van der Waals surface area contributed by atoms with Crippen molar-refractivity contribution in [1.29, 1.82) is 5.26 Å². The van der Waals surface area contributed by atoms with Crippen LogP contribution in [0.1, 0.15) is 31.7 Å². The van der Waals surface area contributed by atoms with Gasteiger partial charge < -0.3 is 5.32 Å². The van der Waals surface area contributed by atoms with Crippen molar-refractivity contribution in [2.45, 2.75) is 26.2 Å². The number of para-hydroxylation sites is 1. The maximum Gasteiger partial charge on any atom is 0.144 e. The van der Waals surface area contributed by atoms with Crippen LogP contribution >= 0.6 is 0 Å². The predicted molar refractivity (Wildman–Crippen MR) is 81.5 cm³/mol. The first kappa shape index (κ1) is 12.9. The molecule has 0 aliphatic heterocycles.